The van der Waals surface area contributed by atoms with Gasteiger partial charge in [0.15, 0.2) is 0 Å². The molecule has 102 valence electrons. The first-order valence-electron chi connectivity index (χ1n) is 5.85. The normalized spacial score (nSPS) is 24.5. The van der Waals surface area contributed by atoms with E-state index >= 15 is 0 Å². The Morgan fingerprint density at radius 2 is 2.44 bits per heavy atom. The minimum absolute atomic E-state index is 0.265. The number of rotatable bonds is 6. The number of thiophene rings is 1. The van der Waals surface area contributed by atoms with Gasteiger partial charge in [-0.3, -0.25) is 0 Å². The van der Waals surface area contributed by atoms with E-state index in [0.29, 0.717) is 17.4 Å². The summed E-state index contributed by atoms with van der Waals surface area (Å²) in [6, 6.07) is 3.34. The van der Waals surface area contributed by atoms with E-state index in [9.17, 15) is 8.42 Å². The number of hydrogen-bond donors (Lipinski definition) is 2. The van der Waals surface area contributed by atoms with Crippen LogP contribution in [0.5, 0.6) is 0 Å². The fraction of sp³-hybridized carbons (Fsp3) is 0.636. The van der Waals surface area contributed by atoms with Crippen LogP contribution < -0.4 is 10.0 Å². The molecule has 1 aromatic rings. The molecular weight excluding hydrogens is 272 g/mol. The van der Waals surface area contributed by atoms with Crippen molar-refractivity contribution in [3.63, 3.8) is 0 Å². The summed E-state index contributed by atoms with van der Waals surface area (Å²) < 4.78 is 32.3. The van der Waals surface area contributed by atoms with Crippen LogP contribution in [-0.4, -0.2) is 40.8 Å². The van der Waals surface area contributed by atoms with Crippen LogP contribution in [-0.2, 0) is 14.8 Å². The molecule has 0 spiro atoms. The van der Waals surface area contributed by atoms with Gasteiger partial charge in [0.25, 0.3) is 0 Å². The predicted octanol–water partition coefficient (Wildman–Crippen LogP) is 0.795. The third-order valence-electron chi connectivity index (χ3n) is 3.11. The van der Waals surface area contributed by atoms with E-state index in [1.807, 2.05) is 0 Å². The maximum atomic E-state index is 12.0. The summed E-state index contributed by atoms with van der Waals surface area (Å²) >= 11 is 1.22. The zero-order chi connectivity index (χ0) is 13.1. The topological polar surface area (TPSA) is 67.4 Å². The lowest BCUT2D eigenvalue weighted by Crippen LogP contribution is -2.52. The molecule has 2 N–H and O–H groups in total. The molecule has 2 heterocycles. The maximum Gasteiger partial charge on any atom is 0.250 e. The second kappa shape index (κ2) is 5.66. The van der Waals surface area contributed by atoms with Gasteiger partial charge in [-0.2, -0.15) is 0 Å². The quantitative estimate of drug-likeness (QED) is 0.813. The van der Waals surface area contributed by atoms with E-state index in [-0.39, 0.29) is 5.54 Å². The average molecular weight is 290 g/mol. The van der Waals surface area contributed by atoms with Gasteiger partial charge in [0.05, 0.1) is 12.1 Å². The molecule has 1 aromatic heterocycles. The summed E-state index contributed by atoms with van der Waals surface area (Å²) in [6.45, 7) is 1.78. The Bertz CT molecular complexity index is 464. The second-order valence-electron chi connectivity index (χ2n) is 4.50. The Balaban J connectivity index is 2.02. The molecule has 5 nitrogen and oxygen atoms in total. The van der Waals surface area contributed by atoms with Crippen molar-refractivity contribution < 1.29 is 13.2 Å². The monoisotopic (exact) mass is 290 g/mol. The Kier molecular flexibility index (Phi) is 4.39. The molecule has 0 saturated carbocycles. The fourth-order valence-corrected chi connectivity index (χ4v) is 4.36. The average Bonchev–Trinajstić information content (AvgIpc) is 2.99. The van der Waals surface area contributed by atoms with E-state index in [1.165, 1.54) is 11.3 Å². The highest BCUT2D eigenvalue weighted by molar-refractivity contribution is 7.91. The van der Waals surface area contributed by atoms with Crippen LogP contribution in [0.1, 0.15) is 12.8 Å². The minimum atomic E-state index is -3.39. The Hall–Kier alpha value is -0.470. The SMILES string of the molecule is COCC1(CNS(=O)(=O)c2cccs2)CCCN1. The van der Waals surface area contributed by atoms with Gasteiger partial charge in [0, 0.05) is 13.7 Å². The molecule has 1 atom stereocenters. The molecule has 1 unspecified atom stereocenters. The Morgan fingerprint density at radius 1 is 1.61 bits per heavy atom. The maximum absolute atomic E-state index is 12.0. The van der Waals surface area contributed by atoms with Crippen molar-refractivity contribution in [2.75, 3.05) is 26.8 Å². The smallest absolute Gasteiger partial charge is 0.250 e. The summed E-state index contributed by atoms with van der Waals surface area (Å²) in [5.74, 6) is 0. The van der Waals surface area contributed by atoms with Gasteiger partial charge >= 0.3 is 0 Å². The lowest BCUT2D eigenvalue weighted by molar-refractivity contribution is 0.122. The third kappa shape index (κ3) is 3.10. The first kappa shape index (κ1) is 14.0. The zero-order valence-electron chi connectivity index (χ0n) is 10.3. The van der Waals surface area contributed by atoms with Crippen LogP contribution in [0, 0.1) is 0 Å². The van der Waals surface area contributed by atoms with E-state index in [0.717, 1.165) is 19.4 Å². The predicted molar refractivity (Wildman–Crippen MR) is 71.4 cm³/mol. The highest BCUT2D eigenvalue weighted by atomic mass is 32.2. The van der Waals surface area contributed by atoms with Crippen molar-refractivity contribution >= 4 is 21.4 Å². The van der Waals surface area contributed by atoms with Crippen molar-refractivity contribution in [1.82, 2.24) is 10.0 Å². The van der Waals surface area contributed by atoms with Crippen molar-refractivity contribution in [3.05, 3.63) is 17.5 Å². The van der Waals surface area contributed by atoms with Gasteiger partial charge in [-0.1, -0.05) is 6.07 Å². The number of ether oxygens (including phenoxy) is 1. The molecule has 1 saturated heterocycles. The van der Waals surface area contributed by atoms with Gasteiger partial charge in [-0.05, 0) is 30.8 Å². The van der Waals surface area contributed by atoms with E-state index in [2.05, 4.69) is 10.0 Å². The minimum Gasteiger partial charge on any atom is -0.383 e. The molecule has 0 amide bonds. The molecule has 1 aliphatic heterocycles. The lowest BCUT2D eigenvalue weighted by atomic mass is 9.99. The van der Waals surface area contributed by atoms with Crippen LogP contribution in [0.25, 0.3) is 0 Å². The lowest BCUT2D eigenvalue weighted by Gasteiger charge is -2.28. The molecule has 0 radical (unpaired) electrons. The van der Waals surface area contributed by atoms with Crippen LogP contribution in [0.15, 0.2) is 21.7 Å². The largest absolute Gasteiger partial charge is 0.383 e. The Morgan fingerprint density at radius 3 is 3.00 bits per heavy atom. The van der Waals surface area contributed by atoms with E-state index in [4.69, 9.17) is 4.74 Å². The van der Waals surface area contributed by atoms with Crippen molar-refractivity contribution in [2.45, 2.75) is 22.6 Å². The molecular formula is C11H18N2O3S2. The van der Waals surface area contributed by atoms with Crippen molar-refractivity contribution in [1.29, 1.82) is 0 Å². The van der Waals surface area contributed by atoms with Gasteiger partial charge in [-0.25, -0.2) is 13.1 Å². The Labute approximate surface area is 112 Å². The summed E-state index contributed by atoms with van der Waals surface area (Å²) in [5, 5.41) is 5.10. The molecule has 0 aromatic carbocycles. The molecule has 18 heavy (non-hydrogen) atoms. The van der Waals surface area contributed by atoms with E-state index < -0.39 is 10.0 Å². The number of sulfonamides is 1. The number of nitrogens with one attached hydrogen (secondary N) is 2. The van der Waals surface area contributed by atoms with Crippen LogP contribution >= 0.6 is 11.3 Å². The van der Waals surface area contributed by atoms with Crippen LogP contribution in [0.2, 0.25) is 0 Å². The summed E-state index contributed by atoms with van der Waals surface area (Å²) in [7, 11) is -1.75. The number of methoxy groups -OCH3 is 1. The van der Waals surface area contributed by atoms with Crippen molar-refractivity contribution in [3.8, 4) is 0 Å². The molecule has 7 heteroatoms. The van der Waals surface area contributed by atoms with Crippen LogP contribution in [0.3, 0.4) is 0 Å². The number of hydrogen-bond acceptors (Lipinski definition) is 5. The van der Waals surface area contributed by atoms with Crippen molar-refractivity contribution in [2.24, 2.45) is 0 Å². The zero-order valence-corrected chi connectivity index (χ0v) is 11.9. The highest BCUT2D eigenvalue weighted by Crippen LogP contribution is 2.21. The third-order valence-corrected chi connectivity index (χ3v) is 5.91. The molecule has 0 bridgehead atoms. The second-order valence-corrected chi connectivity index (χ2v) is 7.44. The van der Waals surface area contributed by atoms with Gasteiger partial charge in [0.2, 0.25) is 10.0 Å². The molecule has 1 fully saturated rings. The summed E-state index contributed by atoms with van der Waals surface area (Å²) in [5.41, 5.74) is -0.265. The van der Waals surface area contributed by atoms with Gasteiger partial charge in [0.1, 0.15) is 4.21 Å². The first-order chi connectivity index (χ1) is 8.58. The fourth-order valence-electron chi connectivity index (χ4n) is 2.19. The summed E-state index contributed by atoms with van der Waals surface area (Å²) in [6.07, 6.45) is 1.97. The molecule has 1 aliphatic rings. The van der Waals surface area contributed by atoms with Gasteiger partial charge in [-0.15, -0.1) is 11.3 Å². The first-order valence-corrected chi connectivity index (χ1v) is 8.21. The highest BCUT2D eigenvalue weighted by Gasteiger charge is 2.34. The molecule has 0 aliphatic carbocycles. The standard InChI is InChI=1S/C11H18N2O3S2/c1-16-9-11(5-3-6-12-11)8-13-18(14,15)10-4-2-7-17-10/h2,4,7,12-13H,3,5-6,8-9H2,1H3. The molecule has 2 rings (SSSR count). The van der Waals surface area contributed by atoms with E-state index in [1.54, 1.807) is 24.6 Å². The van der Waals surface area contributed by atoms with Gasteiger partial charge < -0.3 is 10.1 Å². The van der Waals surface area contributed by atoms with Crippen LogP contribution in [0.4, 0.5) is 0 Å². The summed E-state index contributed by atoms with van der Waals surface area (Å²) in [4.78, 5) is 0.